The fraction of sp³-hybridized carbons (Fsp3) is 0.650. The van der Waals surface area contributed by atoms with Crippen LogP contribution in [0, 0.1) is 0 Å². The van der Waals surface area contributed by atoms with E-state index in [0.29, 0.717) is 0 Å². The van der Waals surface area contributed by atoms with E-state index in [0.717, 1.165) is 5.56 Å². The van der Waals surface area contributed by atoms with Crippen molar-refractivity contribution in [2.75, 3.05) is 13.3 Å². The van der Waals surface area contributed by atoms with Gasteiger partial charge in [-0.05, 0) is 0 Å². The van der Waals surface area contributed by atoms with Crippen LogP contribution < -0.4 is 5.32 Å². The Morgan fingerprint density at radius 2 is 1.83 bits per heavy atom. The molecule has 168 valence electrons. The third-order valence-electron chi connectivity index (χ3n) is 3.76. The van der Waals surface area contributed by atoms with E-state index in [1.165, 1.54) is 7.11 Å². The Morgan fingerprint density at radius 1 is 1.21 bits per heavy atom. The Bertz CT molecular complexity index is 609. The second-order valence-corrected chi connectivity index (χ2v) is 10.4. The molecule has 29 heavy (non-hydrogen) atoms. The van der Waals surface area contributed by atoms with Crippen LogP contribution in [0.1, 0.15) is 46.6 Å². The summed E-state index contributed by atoms with van der Waals surface area (Å²) in [6.07, 6.45) is -1.88. The molecule has 0 fully saturated rings. The zero-order valence-electron chi connectivity index (χ0n) is 18.2. The zero-order chi connectivity index (χ0) is 22.1. The van der Waals surface area contributed by atoms with Crippen LogP contribution in [0.15, 0.2) is 30.3 Å². The Labute approximate surface area is 174 Å². The summed E-state index contributed by atoms with van der Waals surface area (Å²) in [6, 6.07) is 8.45. The molecular weight excluding hydrogens is 397 g/mol. The summed E-state index contributed by atoms with van der Waals surface area (Å²) < 4.78 is 21.7. The number of carbonyl (C=O) groups excluding carboxylic acids is 1. The van der Waals surface area contributed by atoms with Crippen LogP contribution in [0.3, 0.4) is 0 Å². The molecular formula is C20H36NO7P. The van der Waals surface area contributed by atoms with Gasteiger partial charge in [-0.1, -0.05) is 0 Å². The summed E-state index contributed by atoms with van der Waals surface area (Å²) in [5.74, 6) is 0. The molecule has 2 atom stereocenters. The van der Waals surface area contributed by atoms with Gasteiger partial charge in [-0.3, -0.25) is 0 Å². The van der Waals surface area contributed by atoms with Crippen molar-refractivity contribution in [3.8, 4) is 0 Å². The van der Waals surface area contributed by atoms with Crippen molar-refractivity contribution in [1.82, 2.24) is 5.32 Å². The number of aliphatic hydroxyl groups is 1. The number of benzene rings is 1. The average molecular weight is 433 g/mol. The maximum atomic E-state index is 12.2. The minimum atomic E-state index is -3.55. The first-order valence-corrected chi connectivity index (χ1v) is 11.7. The standard InChI is InChI=1S/C20H36NO7P/c1-15(2)27-29(24,28-20(3,4)5)13-12-17(18(22)25-6)21-19(23)26-14-16-10-8-7-9-11-16/h7-11,15,17-18,22,24,29H,12-14H2,1-6H3,(H,21,23)/t17-,18?/m0/s1. The number of hydrogen-bond donors (Lipinski definition) is 3. The molecule has 1 unspecified atom stereocenters. The first-order valence-electron chi connectivity index (χ1n) is 9.72. The summed E-state index contributed by atoms with van der Waals surface area (Å²) in [6.45, 7) is 9.21. The fourth-order valence-electron chi connectivity index (χ4n) is 2.69. The van der Waals surface area contributed by atoms with E-state index < -0.39 is 32.0 Å². The van der Waals surface area contributed by atoms with Crippen LogP contribution in [0.5, 0.6) is 0 Å². The van der Waals surface area contributed by atoms with Crippen molar-refractivity contribution in [3.05, 3.63) is 35.9 Å². The molecule has 1 aromatic rings. The van der Waals surface area contributed by atoms with Gasteiger partial charge in [-0.2, -0.15) is 0 Å². The Balaban J connectivity index is 2.72. The molecule has 0 saturated heterocycles. The Hall–Kier alpha value is -1.28. The van der Waals surface area contributed by atoms with E-state index in [1.54, 1.807) is 0 Å². The van der Waals surface area contributed by atoms with E-state index in [2.05, 4.69) is 5.32 Å². The van der Waals surface area contributed by atoms with Crippen molar-refractivity contribution < 1.29 is 33.3 Å². The third kappa shape index (κ3) is 10.9. The number of alkyl carbamates (subject to hydrolysis) is 1. The summed E-state index contributed by atoms with van der Waals surface area (Å²) in [5, 5.41) is 12.7. The molecule has 0 aliphatic carbocycles. The number of carbonyl (C=O) groups is 1. The second-order valence-electron chi connectivity index (χ2n) is 8.07. The summed E-state index contributed by atoms with van der Waals surface area (Å²) in [7, 11) is -2.22. The molecule has 0 heterocycles. The van der Waals surface area contributed by atoms with Crippen LogP contribution in [-0.4, -0.2) is 53.4 Å². The van der Waals surface area contributed by atoms with Crippen molar-refractivity contribution in [1.29, 1.82) is 0 Å². The van der Waals surface area contributed by atoms with Gasteiger partial charge >= 0.3 is 174 Å². The molecule has 1 amide bonds. The quantitative estimate of drug-likeness (QED) is 0.363. The monoisotopic (exact) mass is 433 g/mol. The number of nitrogens with one attached hydrogen (secondary N) is 1. The van der Waals surface area contributed by atoms with E-state index >= 15 is 0 Å². The number of hydrogen-bond acceptors (Lipinski definition) is 7. The van der Waals surface area contributed by atoms with Crippen molar-refractivity contribution in [2.45, 2.75) is 71.7 Å². The van der Waals surface area contributed by atoms with E-state index in [-0.39, 0.29) is 25.3 Å². The molecule has 0 aliphatic rings. The summed E-state index contributed by atoms with van der Waals surface area (Å²) in [4.78, 5) is 23.1. The molecule has 0 saturated carbocycles. The summed E-state index contributed by atoms with van der Waals surface area (Å²) >= 11 is 0. The molecule has 0 aromatic heterocycles. The number of ether oxygens (including phenoxy) is 2. The number of rotatable bonds is 11. The Morgan fingerprint density at radius 3 is 2.34 bits per heavy atom. The zero-order valence-corrected chi connectivity index (χ0v) is 19.2. The predicted molar refractivity (Wildman–Crippen MR) is 114 cm³/mol. The normalized spacial score (nSPS) is 15.1. The molecule has 9 heteroatoms. The van der Waals surface area contributed by atoms with Crippen molar-refractivity contribution in [3.63, 3.8) is 0 Å². The number of methoxy groups -OCH3 is 1. The minimum absolute atomic E-state index is 0.102. The van der Waals surface area contributed by atoms with Gasteiger partial charge in [-0.25, -0.2) is 0 Å². The molecule has 8 nitrogen and oxygen atoms in total. The van der Waals surface area contributed by atoms with Crippen molar-refractivity contribution in [2.24, 2.45) is 0 Å². The SMILES string of the molecule is COC(O)[C@H](CC[PH](O)(OC(C)C)OC(C)(C)C)NC(=O)OCc1ccccc1. The number of aliphatic hydroxyl groups excluding tert-OH is 1. The average Bonchev–Trinajstić information content (AvgIpc) is 2.61. The number of amides is 1. The van der Waals surface area contributed by atoms with Gasteiger partial charge < -0.3 is 0 Å². The van der Waals surface area contributed by atoms with E-state index in [1.807, 2.05) is 65.0 Å². The molecule has 0 aliphatic heterocycles. The molecule has 0 bridgehead atoms. The van der Waals surface area contributed by atoms with Gasteiger partial charge in [0.25, 0.3) is 0 Å². The molecule has 1 rings (SSSR count). The van der Waals surface area contributed by atoms with Crippen LogP contribution in [0.25, 0.3) is 0 Å². The van der Waals surface area contributed by atoms with Gasteiger partial charge in [0.05, 0.1) is 0 Å². The van der Waals surface area contributed by atoms with Gasteiger partial charge in [0, 0.05) is 0 Å². The first-order chi connectivity index (χ1) is 13.4. The van der Waals surface area contributed by atoms with Gasteiger partial charge in [0.2, 0.25) is 0 Å². The predicted octanol–water partition coefficient (Wildman–Crippen LogP) is 3.36. The van der Waals surface area contributed by atoms with E-state index in [9.17, 15) is 14.8 Å². The molecule has 1 aromatic carbocycles. The van der Waals surface area contributed by atoms with Crippen LogP contribution in [-0.2, 0) is 25.1 Å². The van der Waals surface area contributed by atoms with Gasteiger partial charge in [0.15, 0.2) is 0 Å². The van der Waals surface area contributed by atoms with E-state index in [4.69, 9.17) is 18.5 Å². The first kappa shape index (κ1) is 25.8. The molecule has 0 radical (unpaired) electrons. The maximum absolute atomic E-state index is 12.2. The van der Waals surface area contributed by atoms with Crippen LogP contribution >= 0.6 is 7.94 Å². The second kappa shape index (κ2) is 11.8. The molecule has 0 spiro atoms. The van der Waals surface area contributed by atoms with Crippen LogP contribution in [0.2, 0.25) is 0 Å². The van der Waals surface area contributed by atoms with Crippen LogP contribution in [0.4, 0.5) is 4.79 Å². The summed E-state index contributed by atoms with van der Waals surface area (Å²) in [5.41, 5.74) is 0.241. The van der Waals surface area contributed by atoms with Gasteiger partial charge in [0.1, 0.15) is 0 Å². The molecule has 3 N–H and O–H groups in total. The van der Waals surface area contributed by atoms with Crippen molar-refractivity contribution >= 4 is 14.0 Å². The topological polar surface area (TPSA) is 106 Å². The third-order valence-corrected chi connectivity index (χ3v) is 6.45. The fourth-order valence-corrected chi connectivity index (χ4v) is 5.32. The Kier molecular flexibility index (Phi) is 10.5. The van der Waals surface area contributed by atoms with Gasteiger partial charge in [-0.15, -0.1) is 0 Å².